The molecule has 1 saturated heterocycles. The van der Waals surface area contributed by atoms with E-state index in [1.54, 1.807) is 0 Å². The topological polar surface area (TPSA) is 64.1 Å². The Morgan fingerprint density at radius 3 is 2.48 bits per heavy atom. The van der Waals surface area contributed by atoms with Gasteiger partial charge in [-0.15, -0.1) is 0 Å². The van der Waals surface area contributed by atoms with Gasteiger partial charge in [0, 0.05) is 50.5 Å². The van der Waals surface area contributed by atoms with Crippen LogP contribution in [0.2, 0.25) is 0 Å². The van der Waals surface area contributed by atoms with Gasteiger partial charge in [0.1, 0.15) is 0 Å². The van der Waals surface area contributed by atoms with Gasteiger partial charge >= 0.3 is 6.09 Å². The minimum Gasteiger partial charge on any atom is -0.465 e. The minimum absolute atomic E-state index is 0.0393. The molecule has 2 heterocycles. The SMILES string of the molecule is O=C(O)N1CCN(Cc2cccc(C(=O)N3CCc4ccccc43)c2)CC1. The van der Waals surface area contributed by atoms with Crippen molar-refractivity contribution in [2.75, 3.05) is 37.6 Å². The van der Waals surface area contributed by atoms with Crippen LogP contribution < -0.4 is 4.90 Å². The molecule has 0 aliphatic carbocycles. The van der Waals surface area contributed by atoms with E-state index in [1.165, 1.54) is 10.5 Å². The molecule has 0 saturated carbocycles. The molecule has 0 bridgehead atoms. The van der Waals surface area contributed by atoms with Gasteiger partial charge in [0.2, 0.25) is 0 Å². The fourth-order valence-corrected chi connectivity index (χ4v) is 3.86. The Balaban J connectivity index is 1.44. The number of carbonyl (C=O) groups is 2. The van der Waals surface area contributed by atoms with Crippen molar-refractivity contribution in [3.8, 4) is 0 Å². The molecule has 4 rings (SSSR count). The first-order valence-corrected chi connectivity index (χ1v) is 9.31. The zero-order valence-electron chi connectivity index (χ0n) is 15.2. The number of carboxylic acid groups (broad SMARTS) is 1. The summed E-state index contributed by atoms with van der Waals surface area (Å²) >= 11 is 0. The number of fused-ring (bicyclic) bond motifs is 1. The van der Waals surface area contributed by atoms with Crippen LogP contribution in [0.1, 0.15) is 21.5 Å². The summed E-state index contributed by atoms with van der Waals surface area (Å²) in [5.41, 5.74) is 4.02. The summed E-state index contributed by atoms with van der Waals surface area (Å²) in [5.74, 6) is 0.0393. The summed E-state index contributed by atoms with van der Waals surface area (Å²) in [4.78, 5) is 29.6. The van der Waals surface area contributed by atoms with Crippen molar-refractivity contribution in [3.63, 3.8) is 0 Å². The van der Waals surface area contributed by atoms with Gasteiger partial charge in [0.15, 0.2) is 0 Å². The molecule has 1 fully saturated rings. The summed E-state index contributed by atoms with van der Waals surface area (Å²) in [6.07, 6.45) is 0.0447. The van der Waals surface area contributed by atoms with E-state index in [4.69, 9.17) is 5.11 Å². The Bertz CT molecular complexity index is 859. The molecule has 0 spiro atoms. The molecule has 6 nitrogen and oxygen atoms in total. The first-order chi connectivity index (χ1) is 13.1. The van der Waals surface area contributed by atoms with Crippen LogP contribution in [0.25, 0.3) is 0 Å². The Labute approximate surface area is 158 Å². The number of hydrogen-bond acceptors (Lipinski definition) is 3. The van der Waals surface area contributed by atoms with Crippen LogP contribution in [0.4, 0.5) is 10.5 Å². The van der Waals surface area contributed by atoms with Crippen LogP contribution in [0.15, 0.2) is 48.5 Å². The van der Waals surface area contributed by atoms with E-state index in [2.05, 4.69) is 11.0 Å². The molecule has 140 valence electrons. The Morgan fingerprint density at radius 2 is 1.70 bits per heavy atom. The van der Waals surface area contributed by atoms with Gasteiger partial charge < -0.3 is 14.9 Å². The number of hydrogen-bond donors (Lipinski definition) is 1. The molecular formula is C21H23N3O3. The molecule has 6 heteroatoms. The van der Waals surface area contributed by atoms with Crippen LogP contribution in [-0.4, -0.2) is 59.6 Å². The fraction of sp³-hybridized carbons (Fsp3) is 0.333. The van der Waals surface area contributed by atoms with Crippen molar-refractivity contribution in [1.82, 2.24) is 9.80 Å². The first kappa shape index (κ1) is 17.5. The highest BCUT2D eigenvalue weighted by Crippen LogP contribution is 2.29. The van der Waals surface area contributed by atoms with Crippen LogP contribution >= 0.6 is 0 Å². The number of anilines is 1. The van der Waals surface area contributed by atoms with Gasteiger partial charge in [-0.2, -0.15) is 0 Å². The third-order valence-corrected chi connectivity index (χ3v) is 5.36. The Morgan fingerprint density at radius 1 is 0.926 bits per heavy atom. The Kier molecular flexibility index (Phi) is 4.81. The van der Waals surface area contributed by atoms with E-state index >= 15 is 0 Å². The predicted molar refractivity (Wildman–Crippen MR) is 103 cm³/mol. The maximum atomic E-state index is 13.0. The molecular weight excluding hydrogens is 342 g/mol. The second kappa shape index (κ2) is 7.40. The minimum atomic E-state index is -0.854. The van der Waals surface area contributed by atoms with E-state index in [0.29, 0.717) is 31.7 Å². The molecule has 0 aromatic heterocycles. The molecule has 2 aromatic carbocycles. The molecule has 2 aromatic rings. The fourth-order valence-electron chi connectivity index (χ4n) is 3.86. The molecule has 2 amide bonds. The molecule has 0 unspecified atom stereocenters. The average molecular weight is 365 g/mol. The molecule has 2 aliphatic heterocycles. The number of para-hydroxylation sites is 1. The van der Waals surface area contributed by atoms with Crippen molar-refractivity contribution in [3.05, 3.63) is 65.2 Å². The lowest BCUT2D eigenvalue weighted by Crippen LogP contribution is -2.47. The van der Waals surface area contributed by atoms with E-state index in [9.17, 15) is 9.59 Å². The zero-order chi connectivity index (χ0) is 18.8. The zero-order valence-corrected chi connectivity index (χ0v) is 15.2. The number of carbonyl (C=O) groups excluding carboxylic acids is 1. The Hall–Kier alpha value is -2.86. The van der Waals surface area contributed by atoms with Crippen LogP contribution in [0.3, 0.4) is 0 Å². The smallest absolute Gasteiger partial charge is 0.407 e. The number of amides is 2. The molecule has 2 aliphatic rings. The highest BCUT2D eigenvalue weighted by molar-refractivity contribution is 6.07. The number of piperazine rings is 1. The third kappa shape index (κ3) is 3.66. The first-order valence-electron chi connectivity index (χ1n) is 9.31. The van der Waals surface area contributed by atoms with E-state index in [-0.39, 0.29) is 5.91 Å². The van der Waals surface area contributed by atoms with Crippen molar-refractivity contribution < 1.29 is 14.7 Å². The van der Waals surface area contributed by atoms with Gasteiger partial charge in [-0.25, -0.2) is 4.79 Å². The maximum absolute atomic E-state index is 13.0. The van der Waals surface area contributed by atoms with Gasteiger partial charge in [0.25, 0.3) is 5.91 Å². The molecule has 0 atom stereocenters. The monoisotopic (exact) mass is 365 g/mol. The highest BCUT2D eigenvalue weighted by Gasteiger charge is 2.25. The number of benzene rings is 2. The third-order valence-electron chi connectivity index (χ3n) is 5.36. The summed E-state index contributed by atoms with van der Waals surface area (Å²) in [6.45, 7) is 3.93. The van der Waals surface area contributed by atoms with E-state index < -0.39 is 6.09 Å². The lowest BCUT2D eigenvalue weighted by molar-refractivity contribution is 0.0984. The lowest BCUT2D eigenvalue weighted by Gasteiger charge is -2.33. The summed E-state index contributed by atoms with van der Waals surface area (Å²) in [6, 6.07) is 15.9. The molecule has 27 heavy (non-hydrogen) atoms. The van der Waals surface area contributed by atoms with Crippen molar-refractivity contribution in [2.24, 2.45) is 0 Å². The van der Waals surface area contributed by atoms with Crippen molar-refractivity contribution in [2.45, 2.75) is 13.0 Å². The summed E-state index contributed by atoms with van der Waals surface area (Å²) < 4.78 is 0. The van der Waals surface area contributed by atoms with Gasteiger partial charge in [-0.3, -0.25) is 9.69 Å². The average Bonchev–Trinajstić information content (AvgIpc) is 3.12. The van der Waals surface area contributed by atoms with Crippen LogP contribution in [0.5, 0.6) is 0 Å². The molecule has 1 N–H and O–H groups in total. The number of rotatable bonds is 3. The second-order valence-corrected chi connectivity index (χ2v) is 7.08. The second-order valence-electron chi connectivity index (χ2n) is 7.08. The normalized spacial score (nSPS) is 17.0. The summed E-state index contributed by atoms with van der Waals surface area (Å²) in [5, 5.41) is 9.05. The van der Waals surface area contributed by atoms with E-state index in [0.717, 1.165) is 30.8 Å². The van der Waals surface area contributed by atoms with Crippen LogP contribution in [-0.2, 0) is 13.0 Å². The predicted octanol–water partition coefficient (Wildman–Crippen LogP) is 2.69. The lowest BCUT2D eigenvalue weighted by atomic mass is 10.1. The maximum Gasteiger partial charge on any atom is 0.407 e. The van der Waals surface area contributed by atoms with Crippen LogP contribution in [0, 0.1) is 0 Å². The standard InChI is InChI=1S/C21H23N3O3/c25-20(24-9-8-17-5-1-2-7-19(17)24)18-6-3-4-16(14-18)15-22-10-12-23(13-11-22)21(26)27/h1-7,14H,8-13,15H2,(H,26,27). The molecule has 0 radical (unpaired) electrons. The quantitative estimate of drug-likeness (QED) is 0.908. The van der Waals surface area contributed by atoms with Gasteiger partial charge in [-0.05, 0) is 35.7 Å². The largest absolute Gasteiger partial charge is 0.465 e. The van der Waals surface area contributed by atoms with E-state index in [1.807, 2.05) is 47.4 Å². The summed E-state index contributed by atoms with van der Waals surface area (Å²) in [7, 11) is 0. The number of nitrogens with zero attached hydrogens (tertiary/aromatic N) is 3. The van der Waals surface area contributed by atoms with Crippen molar-refractivity contribution >= 4 is 17.7 Å². The van der Waals surface area contributed by atoms with Gasteiger partial charge in [0.05, 0.1) is 0 Å². The highest BCUT2D eigenvalue weighted by atomic mass is 16.4. The van der Waals surface area contributed by atoms with Crippen molar-refractivity contribution in [1.29, 1.82) is 0 Å². The van der Waals surface area contributed by atoms with Gasteiger partial charge in [-0.1, -0.05) is 30.3 Å².